The predicted molar refractivity (Wildman–Crippen MR) is 113 cm³/mol. The molecule has 0 bridgehead atoms. The van der Waals surface area contributed by atoms with Crippen LogP contribution in [0.25, 0.3) is 0 Å². The Kier molecular flexibility index (Phi) is 5.57. The molecule has 0 saturated heterocycles. The molecule has 0 atom stereocenters. The van der Waals surface area contributed by atoms with Crippen molar-refractivity contribution >= 4 is 11.9 Å². The molecule has 5 rings (SSSR count). The molecule has 0 saturated carbocycles. The molecular weight excluding hydrogens is 394 g/mol. The summed E-state index contributed by atoms with van der Waals surface area (Å²) in [5, 5.41) is 13.7. The van der Waals surface area contributed by atoms with Crippen LogP contribution >= 0.6 is 0 Å². The molecule has 0 spiro atoms. The molecule has 1 aliphatic carbocycles. The third-order valence-electron chi connectivity index (χ3n) is 5.85. The number of carbonyl (C=O) groups is 1. The standard InChI is InChI=1S/C22H25N7O2/c30-21(6-8-31-14-19-12-24-28-27-19)29-7-5-20-17(13-29)11-23-22(26-20)25-18-9-15-3-1-2-4-16(15)10-18/h1-4,11-12,18H,5-10,13-14H2,(H,23,25,26)(H,24,27,28). The Morgan fingerprint density at radius 3 is 2.81 bits per heavy atom. The summed E-state index contributed by atoms with van der Waals surface area (Å²) in [6, 6.07) is 8.89. The van der Waals surface area contributed by atoms with Gasteiger partial charge in [-0.15, -0.1) is 0 Å². The van der Waals surface area contributed by atoms with Gasteiger partial charge in [0.25, 0.3) is 0 Å². The topological polar surface area (TPSA) is 109 Å². The molecule has 3 heterocycles. The van der Waals surface area contributed by atoms with Gasteiger partial charge < -0.3 is 15.0 Å². The Morgan fingerprint density at radius 2 is 2.03 bits per heavy atom. The van der Waals surface area contributed by atoms with Gasteiger partial charge in [-0.05, 0) is 24.0 Å². The molecule has 9 heteroatoms. The van der Waals surface area contributed by atoms with Crippen molar-refractivity contribution in [1.82, 2.24) is 30.3 Å². The number of nitrogens with zero attached hydrogens (tertiary/aromatic N) is 5. The smallest absolute Gasteiger partial charge is 0.225 e. The van der Waals surface area contributed by atoms with Gasteiger partial charge in [0.1, 0.15) is 5.69 Å². The second kappa shape index (κ2) is 8.81. The van der Waals surface area contributed by atoms with Crippen LogP contribution < -0.4 is 5.32 Å². The van der Waals surface area contributed by atoms with Crippen LogP contribution in [0.4, 0.5) is 5.95 Å². The van der Waals surface area contributed by atoms with Crippen molar-refractivity contribution in [3.05, 3.63) is 64.7 Å². The number of anilines is 1. The van der Waals surface area contributed by atoms with Crippen molar-refractivity contribution in [3.8, 4) is 0 Å². The van der Waals surface area contributed by atoms with E-state index in [2.05, 4.69) is 50.0 Å². The Hall–Kier alpha value is -3.33. The highest BCUT2D eigenvalue weighted by Crippen LogP contribution is 2.24. The van der Waals surface area contributed by atoms with E-state index in [0.29, 0.717) is 44.7 Å². The average Bonchev–Trinajstić information content (AvgIpc) is 3.45. The van der Waals surface area contributed by atoms with E-state index in [1.165, 1.54) is 11.1 Å². The monoisotopic (exact) mass is 419 g/mol. The molecule has 9 nitrogen and oxygen atoms in total. The minimum absolute atomic E-state index is 0.0803. The summed E-state index contributed by atoms with van der Waals surface area (Å²) in [6.07, 6.45) is 6.54. The van der Waals surface area contributed by atoms with E-state index < -0.39 is 0 Å². The van der Waals surface area contributed by atoms with E-state index in [9.17, 15) is 4.79 Å². The Balaban J connectivity index is 1.12. The molecule has 0 radical (unpaired) electrons. The first-order chi connectivity index (χ1) is 15.2. The lowest BCUT2D eigenvalue weighted by Crippen LogP contribution is -2.37. The first kappa shape index (κ1) is 19.6. The first-order valence-corrected chi connectivity index (χ1v) is 10.6. The molecule has 3 aromatic rings. The SMILES string of the molecule is O=C(CCOCc1cn[nH]n1)N1CCc2nc(NC3Cc4ccccc4C3)ncc2C1. The summed E-state index contributed by atoms with van der Waals surface area (Å²) in [5.74, 6) is 0.759. The van der Waals surface area contributed by atoms with Crippen LogP contribution in [0.1, 0.15) is 34.5 Å². The number of aromatic amines is 1. The fourth-order valence-corrected chi connectivity index (χ4v) is 4.23. The number of carbonyl (C=O) groups excluding carboxylic acids is 1. The number of hydrogen-bond acceptors (Lipinski definition) is 7. The van der Waals surface area contributed by atoms with Gasteiger partial charge in [0.05, 0.1) is 31.5 Å². The fraction of sp³-hybridized carbons (Fsp3) is 0.409. The summed E-state index contributed by atoms with van der Waals surface area (Å²) < 4.78 is 5.51. The number of rotatable bonds is 7. The van der Waals surface area contributed by atoms with Crippen molar-refractivity contribution in [2.24, 2.45) is 0 Å². The van der Waals surface area contributed by atoms with E-state index in [4.69, 9.17) is 9.72 Å². The number of fused-ring (bicyclic) bond motifs is 2. The Bertz CT molecular complexity index is 1030. The van der Waals surface area contributed by atoms with Crippen LogP contribution in [-0.2, 0) is 41.9 Å². The second-order valence-electron chi connectivity index (χ2n) is 8.01. The van der Waals surface area contributed by atoms with E-state index >= 15 is 0 Å². The van der Waals surface area contributed by atoms with Crippen LogP contribution in [0, 0.1) is 0 Å². The van der Waals surface area contributed by atoms with Gasteiger partial charge in [-0.2, -0.15) is 15.4 Å². The van der Waals surface area contributed by atoms with Gasteiger partial charge in [0.15, 0.2) is 0 Å². The number of nitrogens with one attached hydrogen (secondary N) is 2. The highest BCUT2D eigenvalue weighted by molar-refractivity contribution is 5.76. The van der Waals surface area contributed by atoms with Crippen molar-refractivity contribution in [2.75, 3.05) is 18.5 Å². The van der Waals surface area contributed by atoms with E-state index in [1.54, 1.807) is 6.20 Å². The molecule has 1 aromatic carbocycles. The lowest BCUT2D eigenvalue weighted by molar-refractivity contribution is -0.133. The van der Waals surface area contributed by atoms with Crippen molar-refractivity contribution < 1.29 is 9.53 Å². The van der Waals surface area contributed by atoms with Gasteiger partial charge in [0.2, 0.25) is 11.9 Å². The predicted octanol–water partition coefficient (Wildman–Crippen LogP) is 1.67. The van der Waals surface area contributed by atoms with Crippen LogP contribution in [0.2, 0.25) is 0 Å². The van der Waals surface area contributed by atoms with Crippen molar-refractivity contribution in [2.45, 2.75) is 44.9 Å². The zero-order valence-electron chi connectivity index (χ0n) is 17.3. The molecule has 0 fully saturated rings. The summed E-state index contributed by atoms with van der Waals surface area (Å²) in [4.78, 5) is 23.6. The molecule has 1 amide bonds. The minimum atomic E-state index is 0.0803. The summed E-state index contributed by atoms with van der Waals surface area (Å²) in [6.45, 7) is 1.92. The number of amides is 1. The number of hydrogen-bond donors (Lipinski definition) is 2. The molecule has 2 N–H and O–H groups in total. The zero-order valence-corrected chi connectivity index (χ0v) is 17.3. The lowest BCUT2D eigenvalue weighted by atomic mass is 10.1. The highest BCUT2D eigenvalue weighted by Gasteiger charge is 2.24. The maximum atomic E-state index is 12.5. The number of ether oxygens (including phenoxy) is 1. The largest absolute Gasteiger partial charge is 0.374 e. The van der Waals surface area contributed by atoms with Gasteiger partial charge in [0, 0.05) is 37.3 Å². The Morgan fingerprint density at radius 1 is 1.19 bits per heavy atom. The number of H-pyrrole nitrogens is 1. The quantitative estimate of drug-likeness (QED) is 0.561. The van der Waals surface area contributed by atoms with E-state index in [0.717, 1.165) is 36.2 Å². The molecule has 2 aliphatic rings. The molecule has 160 valence electrons. The summed E-state index contributed by atoms with van der Waals surface area (Å²) >= 11 is 0. The Labute approximate surface area is 180 Å². The van der Waals surface area contributed by atoms with Crippen molar-refractivity contribution in [3.63, 3.8) is 0 Å². The van der Waals surface area contributed by atoms with Crippen molar-refractivity contribution in [1.29, 1.82) is 0 Å². The maximum absolute atomic E-state index is 12.5. The third-order valence-corrected chi connectivity index (χ3v) is 5.85. The number of benzene rings is 1. The minimum Gasteiger partial charge on any atom is -0.374 e. The zero-order chi connectivity index (χ0) is 21.0. The highest BCUT2D eigenvalue weighted by atomic mass is 16.5. The third kappa shape index (κ3) is 4.56. The van der Waals surface area contributed by atoms with Crippen LogP contribution in [0.5, 0.6) is 0 Å². The van der Waals surface area contributed by atoms with E-state index in [-0.39, 0.29) is 5.91 Å². The van der Waals surface area contributed by atoms with Crippen LogP contribution in [0.15, 0.2) is 36.7 Å². The molecule has 2 aromatic heterocycles. The molecule has 31 heavy (non-hydrogen) atoms. The van der Waals surface area contributed by atoms with Gasteiger partial charge in [-0.3, -0.25) is 4.79 Å². The average molecular weight is 419 g/mol. The van der Waals surface area contributed by atoms with E-state index in [1.807, 2.05) is 11.1 Å². The summed E-state index contributed by atoms with van der Waals surface area (Å²) in [5.41, 5.74) is 5.57. The number of aromatic nitrogens is 5. The second-order valence-corrected chi connectivity index (χ2v) is 8.01. The molecule has 1 aliphatic heterocycles. The maximum Gasteiger partial charge on any atom is 0.225 e. The van der Waals surface area contributed by atoms with Gasteiger partial charge in [-0.1, -0.05) is 24.3 Å². The van der Waals surface area contributed by atoms with Gasteiger partial charge in [-0.25, -0.2) is 9.97 Å². The molecule has 0 unspecified atom stereocenters. The summed E-state index contributed by atoms with van der Waals surface area (Å²) in [7, 11) is 0. The lowest BCUT2D eigenvalue weighted by Gasteiger charge is -2.28. The first-order valence-electron chi connectivity index (χ1n) is 10.6. The molecular formula is C22H25N7O2. The fourth-order valence-electron chi connectivity index (χ4n) is 4.23. The normalized spacial score (nSPS) is 15.5. The van der Waals surface area contributed by atoms with Crippen LogP contribution in [-0.4, -0.2) is 55.4 Å². The van der Waals surface area contributed by atoms with Crippen LogP contribution in [0.3, 0.4) is 0 Å². The van der Waals surface area contributed by atoms with Gasteiger partial charge >= 0.3 is 0 Å².